The zero-order chi connectivity index (χ0) is 44.9. The van der Waals surface area contributed by atoms with Gasteiger partial charge in [0.05, 0.1) is 6.61 Å². The van der Waals surface area contributed by atoms with Gasteiger partial charge >= 0.3 is 11.9 Å². The van der Waals surface area contributed by atoms with Crippen molar-refractivity contribution in [3.05, 3.63) is 72.9 Å². The summed E-state index contributed by atoms with van der Waals surface area (Å²) in [5.74, 6) is -0.420. The first-order valence-electron chi connectivity index (χ1n) is 26.5. The van der Waals surface area contributed by atoms with Crippen LogP contribution in [0.3, 0.4) is 0 Å². The Morgan fingerprint density at radius 1 is 0.371 bits per heavy atom. The molecule has 0 radical (unpaired) electrons. The monoisotopic (exact) mass is 865 g/mol. The zero-order valence-corrected chi connectivity index (χ0v) is 41.1. The summed E-state index contributed by atoms with van der Waals surface area (Å²) in [7, 11) is 0. The second kappa shape index (κ2) is 52.7. The smallest absolute Gasteiger partial charge is 0.306 e. The summed E-state index contributed by atoms with van der Waals surface area (Å²) >= 11 is 0. The van der Waals surface area contributed by atoms with Gasteiger partial charge in [-0.05, 0) is 103 Å². The standard InChI is InChI=1S/C57H100O5/c1-4-7-10-13-16-19-22-24-26-28-30-32-34-37-40-43-46-49-52-60-53-55(62-57(59)51-48-45-42-39-35-21-18-15-12-9-6-3)54-61-56(58)50-47-44-41-38-36-33-31-29-27-25-23-20-17-14-11-8-5-2/h8,11,15-20,24-27,55H,4-7,9-10,12-14,21-23,28-54H2,1-3H3/b11-8-,18-15-,19-16-,20-17-,26-24-,27-25-. The van der Waals surface area contributed by atoms with Crippen LogP contribution in [0.2, 0.25) is 0 Å². The quantitative estimate of drug-likeness (QED) is 0.0346. The molecule has 0 N–H and O–H groups in total. The summed E-state index contributed by atoms with van der Waals surface area (Å²) in [6, 6.07) is 0. The van der Waals surface area contributed by atoms with Crippen molar-refractivity contribution >= 4 is 11.9 Å². The molecule has 0 amide bonds. The van der Waals surface area contributed by atoms with E-state index in [1.54, 1.807) is 0 Å². The van der Waals surface area contributed by atoms with Gasteiger partial charge in [-0.2, -0.15) is 0 Å². The molecule has 0 aromatic carbocycles. The van der Waals surface area contributed by atoms with Crippen LogP contribution in [0.4, 0.5) is 0 Å². The first-order valence-corrected chi connectivity index (χ1v) is 26.5. The Labute approximate surface area is 385 Å². The van der Waals surface area contributed by atoms with Crippen LogP contribution in [0.25, 0.3) is 0 Å². The van der Waals surface area contributed by atoms with E-state index in [9.17, 15) is 9.59 Å². The molecule has 5 heteroatoms. The molecule has 0 spiro atoms. The summed E-state index contributed by atoms with van der Waals surface area (Å²) in [6.07, 6.45) is 67.7. The van der Waals surface area contributed by atoms with Gasteiger partial charge in [-0.15, -0.1) is 0 Å². The zero-order valence-electron chi connectivity index (χ0n) is 41.1. The number of allylic oxidation sites excluding steroid dienone is 12. The number of carbonyl (C=O) groups excluding carboxylic acids is 2. The van der Waals surface area contributed by atoms with Crippen LogP contribution in [0.5, 0.6) is 0 Å². The van der Waals surface area contributed by atoms with Crippen LogP contribution in [0, 0.1) is 0 Å². The molecular formula is C57H100O5. The fourth-order valence-electron chi connectivity index (χ4n) is 7.24. The minimum atomic E-state index is -0.549. The fraction of sp³-hybridized carbons (Fsp3) is 0.754. The average molecular weight is 865 g/mol. The predicted molar refractivity (Wildman–Crippen MR) is 270 cm³/mol. The second-order valence-corrected chi connectivity index (χ2v) is 17.4. The Kier molecular flexibility index (Phi) is 50.4. The molecule has 0 aromatic rings. The van der Waals surface area contributed by atoms with Crippen molar-refractivity contribution in [1.82, 2.24) is 0 Å². The maximum atomic E-state index is 12.8. The molecule has 5 nitrogen and oxygen atoms in total. The summed E-state index contributed by atoms with van der Waals surface area (Å²) in [4.78, 5) is 25.4. The largest absolute Gasteiger partial charge is 0.462 e. The number of esters is 2. The van der Waals surface area contributed by atoms with E-state index >= 15 is 0 Å². The highest BCUT2D eigenvalue weighted by atomic mass is 16.6. The molecule has 0 heterocycles. The van der Waals surface area contributed by atoms with Crippen LogP contribution in [-0.4, -0.2) is 37.9 Å². The van der Waals surface area contributed by atoms with Gasteiger partial charge in [-0.3, -0.25) is 9.59 Å². The lowest BCUT2D eigenvalue weighted by molar-refractivity contribution is -0.163. The van der Waals surface area contributed by atoms with Crippen molar-refractivity contribution in [2.24, 2.45) is 0 Å². The lowest BCUT2D eigenvalue weighted by atomic mass is 10.1. The van der Waals surface area contributed by atoms with E-state index in [-0.39, 0.29) is 25.2 Å². The molecule has 0 aliphatic heterocycles. The molecule has 0 aliphatic rings. The van der Waals surface area contributed by atoms with Gasteiger partial charge in [-0.25, -0.2) is 0 Å². The highest BCUT2D eigenvalue weighted by Gasteiger charge is 2.17. The molecule has 0 bridgehead atoms. The van der Waals surface area contributed by atoms with Gasteiger partial charge in [0.25, 0.3) is 0 Å². The van der Waals surface area contributed by atoms with Crippen LogP contribution in [0.1, 0.15) is 252 Å². The topological polar surface area (TPSA) is 61.8 Å². The van der Waals surface area contributed by atoms with Crippen molar-refractivity contribution in [3.8, 4) is 0 Å². The van der Waals surface area contributed by atoms with E-state index < -0.39 is 6.10 Å². The Hall–Kier alpha value is -2.66. The van der Waals surface area contributed by atoms with Gasteiger partial charge in [-0.1, -0.05) is 209 Å². The molecule has 0 saturated carbocycles. The number of hydrogen-bond acceptors (Lipinski definition) is 5. The maximum absolute atomic E-state index is 12.8. The van der Waals surface area contributed by atoms with Gasteiger partial charge < -0.3 is 14.2 Å². The van der Waals surface area contributed by atoms with Gasteiger partial charge in [0.1, 0.15) is 6.61 Å². The maximum Gasteiger partial charge on any atom is 0.306 e. The fourth-order valence-corrected chi connectivity index (χ4v) is 7.24. The molecular weight excluding hydrogens is 765 g/mol. The van der Waals surface area contributed by atoms with Crippen LogP contribution < -0.4 is 0 Å². The number of rotatable bonds is 48. The van der Waals surface area contributed by atoms with E-state index in [4.69, 9.17) is 14.2 Å². The van der Waals surface area contributed by atoms with Gasteiger partial charge in [0.2, 0.25) is 0 Å². The van der Waals surface area contributed by atoms with E-state index in [0.29, 0.717) is 19.4 Å². The van der Waals surface area contributed by atoms with Gasteiger partial charge in [0, 0.05) is 19.4 Å². The lowest BCUT2D eigenvalue weighted by Gasteiger charge is -2.18. The molecule has 0 aliphatic carbocycles. The number of ether oxygens (including phenoxy) is 3. The second-order valence-electron chi connectivity index (χ2n) is 17.4. The molecule has 358 valence electrons. The van der Waals surface area contributed by atoms with Crippen LogP contribution >= 0.6 is 0 Å². The van der Waals surface area contributed by atoms with Crippen molar-refractivity contribution in [2.45, 2.75) is 258 Å². The minimum absolute atomic E-state index is 0.0728. The normalized spacial score (nSPS) is 12.8. The van der Waals surface area contributed by atoms with Gasteiger partial charge in [0.15, 0.2) is 6.10 Å². The molecule has 0 rings (SSSR count). The number of carbonyl (C=O) groups is 2. The SMILES string of the molecule is CC/C=C\C/C=C\C/C=C\CCCCCCCCCC(=O)OCC(COCCCCCCCCCC/C=C\C/C=C\CCCCC)OC(=O)CCCCCCC/C=C\CCCC. The minimum Gasteiger partial charge on any atom is -0.462 e. The lowest BCUT2D eigenvalue weighted by Crippen LogP contribution is -2.30. The van der Waals surface area contributed by atoms with Crippen molar-refractivity contribution in [3.63, 3.8) is 0 Å². The molecule has 0 fully saturated rings. The third kappa shape index (κ3) is 50.0. The Morgan fingerprint density at radius 2 is 0.742 bits per heavy atom. The van der Waals surface area contributed by atoms with Crippen molar-refractivity contribution < 1.29 is 23.8 Å². The van der Waals surface area contributed by atoms with Crippen LogP contribution in [0.15, 0.2) is 72.9 Å². The van der Waals surface area contributed by atoms with Crippen LogP contribution in [-0.2, 0) is 23.8 Å². The van der Waals surface area contributed by atoms with Crippen molar-refractivity contribution in [1.29, 1.82) is 0 Å². The molecule has 1 atom stereocenters. The third-order valence-corrected chi connectivity index (χ3v) is 11.2. The summed E-state index contributed by atoms with van der Waals surface area (Å²) in [5, 5.41) is 0. The van der Waals surface area contributed by atoms with E-state index in [1.165, 1.54) is 128 Å². The van der Waals surface area contributed by atoms with E-state index in [0.717, 1.165) is 89.9 Å². The predicted octanol–water partition coefficient (Wildman–Crippen LogP) is 17.9. The number of unbranched alkanes of at least 4 members (excludes halogenated alkanes) is 25. The van der Waals surface area contributed by atoms with Crippen molar-refractivity contribution in [2.75, 3.05) is 19.8 Å². The Balaban J connectivity index is 4.25. The summed E-state index contributed by atoms with van der Waals surface area (Å²) < 4.78 is 17.4. The number of hydrogen-bond donors (Lipinski definition) is 0. The van der Waals surface area contributed by atoms with E-state index in [1.807, 2.05) is 0 Å². The first-order chi connectivity index (χ1) is 30.6. The third-order valence-electron chi connectivity index (χ3n) is 11.2. The highest BCUT2D eigenvalue weighted by molar-refractivity contribution is 5.70. The molecule has 1 unspecified atom stereocenters. The van der Waals surface area contributed by atoms with E-state index in [2.05, 4.69) is 93.7 Å². The summed E-state index contributed by atoms with van der Waals surface area (Å²) in [6.45, 7) is 7.64. The average Bonchev–Trinajstić information content (AvgIpc) is 3.27. The molecule has 0 aromatic heterocycles. The molecule has 0 saturated heterocycles. The highest BCUT2D eigenvalue weighted by Crippen LogP contribution is 2.14. The molecule has 62 heavy (non-hydrogen) atoms. The Morgan fingerprint density at radius 3 is 1.23 bits per heavy atom. The summed E-state index contributed by atoms with van der Waals surface area (Å²) in [5.41, 5.74) is 0. The Bertz CT molecular complexity index is 1110. The first kappa shape index (κ1) is 59.3.